The molecule has 5 heterocycles. The highest BCUT2D eigenvalue weighted by Crippen LogP contribution is 2.38. The second-order valence-electron chi connectivity index (χ2n) is 14.2. The molecule has 4 aliphatic rings. The number of nitrogens with one attached hydrogen (secondary N) is 2. The molecule has 1 atom stereocenters. The number of phenols is 1. The molecule has 13 nitrogen and oxygen atoms in total. The van der Waals surface area contributed by atoms with Gasteiger partial charge in [0.15, 0.2) is 5.13 Å². The van der Waals surface area contributed by atoms with Crippen LogP contribution in [0.3, 0.4) is 0 Å². The van der Waals surface area contributed by atoms with Crippen molar-refractivity contribution in [2.75, 3.05) is 60.9 Å². The summed E-state index contributed by atoms with van der Waals surface area (Å²) in [6.45, 7) is 6.85. The lowest BCUT2D eigenvalue weighted by atomic mass is 10.0. The standard InChI is InChI=1S/C39H41FN8O5S/c40-27-5-7-33(49)32(21-27)35(36(51)43-38-41-11-19-54-38)48-24-26-4-6-29(22-31(26)37(48)52)45-12-8-28(9-13-45)46-17-15-44(16-18-46)23-25-2-1-3-30(20-25)47-14-10-34(50)42-39(47)53/h1-7,11,19-22,28,35,49H,8-10,12-18,23-24H2,(H,41,43,51)(H,42,50,53). The number of anilines is 3. The maximum absolute atomic E-state index is 14.4. The van der Waals surface area contributed by atoms with E-state index in [1.807, 2.05) is 36.4 Å². The number of benzene rings is 3. The molecule has 0 spiro atoms. The lowest BCUT2D eigenvalue weighted by Gasteiger charge is -2.43. The van der Waals surface area contributed by atoms with Crippen molar-refractivity contribution < 1.29 is 28.7 Å². The Labute approximate surface area is 316 Å². The number of thiazole rings is 1. The van der Waals surface area contributed by atoms with Gasteiger partial charge in [0.2, 0.25) is 5.91 Å². The minimum absolute atomic E-state index is 0.00511. The topological polar surface area (TPSA) is 142 Å². The summed E-state index contributed by atoms with van der Waals surface area (Å²) in [4.78, 5) is 65.9. The number of aromatic nitrogens is 1. The van der Waals surface area contributed by atoms with Crippen LogP contribution in [0.1, 0.15) is 52.4 Å². The highest BCUT2D eigenvalue weighted by atomic mass is 32.1. The summed E-state index contributed by atoms with van der Waals surface area (Å²) in [5.41, 5.74) is 4.15. The first-order valence-electron chi connectivity index (χ1n) is 18.2. The monoisotopic (exact) mass is 752 g/mol. The van der Waals surface area contributed by atoms with E-state index >= 15 is 0 Å². The van der Waals surface area contributed by atoms with Gasteiger partial charge in [0, 0.05) is 105 Å². The number of piperazine rings is 1. The van der Waals surface area contributed by atoms with Crippen LogP contribution in [-0.4, -0.2) is 100 Å². The summed E-state index contributed by atoms with van der Waals surface area (Å²) in [6.07, 6.45) is 3.84. The molecule has 3 saturated heterocycles. The number of nitrogens with zero attached hydrogens (tertiary/aromatic N) is 6. The van der Waals surface area contributed by atoms with Gasteiger partial charge in [-0.3, -0.25) is 39.7 Å². The van der Waals surface area contributed by atoms with E-state index in [-0.39, 0.29) is 35.7 Å². The maximum atomic E-state index is 14.4. The van der Waals surface area contributed by atoms with Crippen LogP contribution in [-0.2, 0) is 22.7 Å². The number of hydrogen-bond donors (Lipinski definition) is 3. The number of carbonyl (C=O) groups excluding carboxylic acids is 4. The average Bonchev–Trinajstić information content (AvgIpc) is 3.81. The zero-order chi connectivity index (χ0) is 37.3. The average molecular weight is 753 g/mol. The van der Waals surface area contributed by atoms with Crippen LogP contribution in [0.2, 0.25) is 0 Å². The van der Waals surface area contributed by atoms with Crippen LogP contribution < -0.4 is 20.4 Å². The van der Waals surface area contributed by atoms with Gasteiger partial charge in [-0.05, 0) is 66.4 Å². The van der Waals surface area contributed by atoms with Crippen molar-refractivity contribution in [3.63, 3.8) is 0 Å². The molecule has 4 aliphatic heterocycles. The summed E-state index contributed by atoms with van der Waals surface area (Å²) < 4.78 is 14.4. The van der Waals surface area contributed by atoms with E-state index in [4.69, 9.17) is 0 Å². The number of aromatic hydroxyl groups is 1. The predicted octanol–water partition coefficient (Wildman–Crippen LogP) is 4.56. The number of halogens is 1. The Hall–Kier alpha value is -5.38. The lowest BCUT2D eigenvalue weighted by Crippen LogP contribution is -2.53. The van der Waals surface area contributed by atoms with E-state index in [0.717, 1.165) is 93.3 Å². The third-order valence-electron chi connectivity index (χ3n) is 10.9. The van der Waals surface area contributed by atoms with Crippen LogP contribution in [0, 0.1) is 5.82 Å². The number of piperidine rings is 1. The second-order valence-corrected chi connectivity index (χ2v) is 15.1. The molecule has 8 rings (SSSR count). The van der Waals surface area contributed by atoms with Crippen LogP contribution in [0.5, 0.6) is 5.75 Å². The van der Waals surface area contributed by atoms with Gasteiger partial charge >= 0.3 is 6.03 Å². The molecule has 3 N–H and O–H groups in total. The first-order valence-corrected chi connectivity index (χ1v) is 19.1. The van der Waals surface area contributed by atoms with Crippen molar-refractivity contribution >= 4 is 51.6 Å². The van der Waals surface area contributed by atoms with Crippen molar-refractivity contribution in [3.05, 3.63) is 100 Å². The third kappa shape index (κ3) is 7.39. The number of urea groups is 1. The van der Waals surface area contributed by atoms with Crippen LogP contribution in [0.4, 0.5) is 25.7 Å². The van der Waals surface area contributed by atoms with Crippen molar-refractivity contribution in [1.29, 1.82) is 0 Å². The number of fused-ring (bicyclic) bond motifs is 1. The van der Waals surface area contributed by atoms with Gasteiger partial charge in [-0.25, -0.2) is 14.2 Å². The van der Waals surface area contributed by atoms with Crippen molar-refractivity contribution in [2.45, 2.75) is 44.4 Å². The molecule has 0 saturated carbocycles. The van der Waals surface area contributed by atoms with E-state index in [1.54, 1.807) is 16.5 Å². The fourth-order valence-electron chi connectivity index (χ4n) is 8.04. The molecule has 1 aromatic heterocycles. The number of hydrogen-bond acceptors (Lipinski definition) is 10. The molecule has 0 aliphatic carbocycles. The number of carbonyl (C=O) groups is 4. The highest BCUT2D eigenvalue weighted by Gasteiger charge is 2.40. The minimum Gasteiger partial charge on any atom is -0.508 e. The number of rotatable bonds is 9. The summed E-state index contributed by atoms with van der Waals surface area (Å²) in [5, 5.41) is 17.8. The second kappa shape index (κ2) is 15.2. The largest absolute Gasteiger partial charge is 0.508 e. The smallest absolute Gasteiger partial charge is 0.328 e. The van der Waals surface area contributed by atoms with Gasteiger partial charge in [-0.1, -0.05) is 18.2 Å². The van der Waals surface area contributed by atoms with Gasteiger partial charge in [-0.15, -0.1) is 11.3 Å². The summed E-state index contributed by atoms with van der Waals surface area (Å²) in [7, 11) is 0. The Morgan fingerprint density at radius 1 is 0.963 bits per heavy atom. The summed E-state index contributed by atoms with van der Waals surface area (Å²) >= 11 is 1.22. The van der Waals surface area contributed by atoms with Crippen LogP contribution in [0.15, 0.2) is 72.2 Å². The maximum Gasteiger partial charge on any atom is 0.328 e. The van der Waals surface area contributed by atoms with E-state index in [0.29, 0.717) is 29.7 Å². The Morgan fingerprint density at radius 3 is 2.54 bits per heavy atom. The molecule has 280 valence electrons. The number of amides is 5. The molecule has 54 heavy (non-hydrogen) atoms. The quantitative estimate of drug-likeness (QED) is 0.225. The lowest BCUT2D eigenvalue weighted by molar-refractivity contribution is -0.121. The number of phenolic OH excluding ortho intramolecular Hbond substituents is 1. The molecule has 1 unspecified atom stereocenters. The van der Waals surface area contributed by atoms with Crippen molar-refractivity contribution in [3.8, 4) is 5.75 Å². The Kier molecular flexibility index (Phi) is 10.0. The molecule has 0 bridgehead atoms. The SMILES string of the molecule is O=C1CCN(c2cccc(CN3CCN(C4CCN(c5ccc6c(c5)C(=O)N(C(C(=O)Nc5nccs5)c5cc(F)ccc5O)C6)CC4)CC3)c2)C(=O)N1. The molecular weight excluding hydrogens is 712 g/mol. The van der Waals surface area contributed by atoms with Gasteiger partial charge in [-0.2, -0.15) is 0 Å². The molecule has 3 aromatic carbocycles. The molecule has 4 aromatic rings. The Bertz CT molecular complexity index is 2070. The third-order valence-corrected chi connectivity index (χ3v) is 11.6. The Balaban J connectivity index is 0.870. The minimum atomic E-state index is -1.27. The molecule has 5 amide bonds. The molecular formula is C39H41FN8O5S. The van der Waals surface area contributed by atoms with Crippen molar-refractivity contribution in [2.24, 2.45) is 0 Å². The van der Waals surface area contributed by atoms with Gasteiger partial charge in [0.25, 0.3) is 11.8 Å². The first-order chi connectivity index (χ1) is 26.2. The van der Waals surface area contributed by atoms with Gasteiger partial charge < -0.3 is 14.9 Å². The van der Waals surface area contributed by atoms with Crippen molar-refractivity contribution in [1.82, 2.24) is 25.0 Å². The van der Waals surface area contributed by atoms with Crippen LogP contribution >= 0.6 is 11.3 Å². The summed E-state index contributed by atoms with van der Waals surface area (Å²) in [6, 6.07) is 16.0. The predicted molar refractivity (Wildman–Crippen MR) is 202 cm³/mol. The summed E-state index contributed by atoms with van der Waals surface area (Å²) in [5.74, 6) is -2.09. The van der Waals surface area contributed by atoms with Gasteiger partial charge in [0.1, 0.15) is 17.6 Å². The fraction of sp³-hybridized carbons (Fsp3) is 0.359. The van der Waals surface area contributed by atoms with E-state index < -0.39 is 17.8 Å². The first kappa shape index (κ1) is 35.6. The fourth-order valence-corrected chi connectivity index (χ4v) is 8.57. The normalized spacial score (nSPS) is 19.2. The molecule has 3 fully saturated rings. The van der Waals surface area contributed by atoms with E-state index in [9.17, 15) is 28.7 Å². The van der Waals surface area contributed by atoms with E-state index in [1.165, 1.54) is 22.3 Å². The molecule has 0 radical (unpaired) electrons. The Morgan fingerprint density at radius 2 is 1.78 bits per heavy atom. The van der Waals surface area contributed by atoms with Gasteiger partial charge in [0.05, 0.1) is 0 Å². The van der Waals surface area contributed by atoms with Crippen LogP contribution in [0.25, 0.3) is 0 Å². The number of imide groups is 1. The van der Waals surface area contributed by atoms with E-state index in [2.05, 4.69) is 36.4 Å². The zero-order valence-electron chi connectivity index (χ0n) is 29.6. The molecule has 15 heteroatoms. The highest BCUT2D eigenvalue weighted by molar-refractivity contribution is 7.13. The zero-order valence-corrected chi connectivity index (χ0v) is 30.4.